The van der Waals surface area contributed by atoms with Crippen molar-refractivity contribution in [3.8, 4) is 39.9 Å². The van der Waals surface area contributed by atoms with Gasteiger partial charge in [-0.05, 0) is 59.7 Å². The Morgan fingerprint density at radius 1 is 0.867 bits per heavy atom. The first-order chi connectivity index (χ1) is 21.6. The van der Waals surface area contributed by atoms with Crippen molar-refractivity contribution in [2.24, 2.45) is 0 Å². The number of fused-ring (bicyclic) bond motifs is 3. The Labute approximate surface area is 277 Å². The van der Waals surface area contributed by atoms with Crippen LogP contribution >= 0.6 is 0 Å². The van der Waals surface area contributed by atoms with Gasteiger partial charge in [0, 0.05) is 41.0 Å². The Bertz CT molecular complexity index is 2110. The second kappa shape index (κ2) is 13.1. The fraction of sp³-hybridized carbons (Fsp3) is 0.158. The summed E-state index contributed by atoms with van der Waals surface area (Å²) in [4.78, 5) is 4.64. The van der Waals surface area contributed by atoms with Crippen molar-refractivity contribution in [1.29, 1.82) is 0 Å². The van der Waals surface area contributed by atoms with Crippen molar-refractivity contribution in [3.05, 3.63) is 127 Å². The Kier molecular flexibility index (Phi) is 8.86. The molecular formula is C38H32N4O2Pt. The third-order valence-corrected chi connectivity index (χ3v) is 7.99. The number of methoxy groups -OCH3 is 1. The van der Waals surface area contributed by atoms with Gasteiger partial charge in [-0.1, -0.05) is 55.3 Å². The van der Waals surface area contributed by atoms with E-state index in [9.17, 15) is 0 Å². The first-order valence-electron chi connectivity index (χ1n) is 14.9. The summed E-state index contributed by atoms with van der Waals surface area (Å²) < 4.78 is 15.8. The number of rotatable bonds is 9. The number of aryl methyl sites for hydroxylation is 2. The van der Waals surface area contributed by atoms with Gasteiger partial charge in [-0.25, -0.2) is 4.98 Å². The normalized spacial score (nSPS) is 11.1. The molecular weight excluding hydrogens is 740 g/mol. The topological polar surface area (TPSA) is 54.1 Å². The van der Waals surface area contributed by atoms with Crippen LogP contribution in [0, 0.1) is 19.1 Å². The molecule has 0 radical (unpaired) electrons. The van der Waals surface area contributed by atoms with Gasteiger partial charge in [0.1, 0.15) is 11.6 Å². The predicted molar refractivity (Wildman–Crippen MR) is 175 cm³/mol. The number of hydrogen-bond donors (Lipinski definition) is 0. The summed E-state index contributed by atoms with van der Waals surface area (Å²) in [6.45, 7) is 4.39. The minimum Gasteiger partial charge on any atom is -0.509 e. The number of para-hydroxylation sites is 1. The van der Waals surface area contributed by atoms with Crippen molar-refractivity contribution in [2.45, 2.75) is 33.1 Å². The molecule has 0 saturated carbocycles. The second-order valence-corrected chi connectivity index (χ2v) is 10.9. The molecule has 0 bridgehead atoms. The molecule has 0 amide bonds. The Morgan fingerprint density at radius 2 is 1.71 bits per heavy atom. The molecule has 45 heavy (non-hydrogen) atoms. The zero-order chi connectivity index (χ0) is 30.0. The summed E-state index contributed by atoms with van der Waals surface area (Å²) in [5.74, 6) is 2.65. The van der Waals surface area contributed by atoms with E-state index in [0.29, 0.717) is 11.5 Å². The second-order valence-electron chi connectivity index (χ2n) is 10.9. The largest absolute Gasteiger partial charge is 2.00 e. The number of unbranched alkanes of at least 4 members (excludes halogenated alkanes) is 1. The van der Waals surface area contributed by atoms with Gasteiger partial charge in [0.25, 0.3) is 0 Å². The summed E-state index contributed by atoms with van der Waals surface area (Å²) in [7, 11) is 1.66. The maximum Gasteiger partial charge on any atom is 2.00 e. The van der Waals surface area contributed by atoms with Crippen LogP contribution in [0.4, 0.5) is 0 Å². The Hall–Kier alpha value is -4.67. The Balaban J connectivity index is 0.00000357. The van der Waals surface area contributed by atoms with Crippen LogP contribution in [0.2, 0.25) is 0 Å². The van der Waals surface area contributed by atoms with Gasteiger partial charge in [-0.15, -0.1) is 35.7 Å². The third kappa shape index (κ3) is 5.91. The molecule has 0 aliphatic carbocycles. The quantitative estimate of drug-likeness (QED) is 0.138. The molecule has 3 heterocycles. The van der Waals surface area contributed by atoms with E-state index < -0.39 is 0 Å². The van der Waals surface area contributed by atoms with Crippen molar-refractivity contribution in [1.82, 2.24) is 19.3 Å². The van der Waals surface area contributed by atoms with E-state index in [0.717, 1.165) is 57.5 Å². The maximum absolute atomic E-state index is 6.34. The fourth-order valence-electron chi connectivity index (χ4n) is 5.87. The fourth-order valence-corrected chi connectivity index (χ4v) is 5.87. The SMILES string of the molecule is CCCCc1cccc(C)c1-c1cnn(-c2[c-]c(Oc3[c-]c4c(cc3)c3ccccc3n4-c3cc(OC)ccn3)ccc2)c1.[Pt+2]. The van der Waals surface area contributed by atoms with Gasteiger partial charge >= 0.3 is 21.1 Å². The smallest absolute Gasteiger partial charge is 0.509 e. The molecule has 7 rings (SSSR count). The zero-order valence-corrected chi connectivity index (χ0v) is 27.6. The van der Waals surface area contributed by atoms with Crippen LogP contribution < -0.4 is 9.47 Å². The molecule has 4 aromatic carbocycles. The zero-order valence-electron chi connectivity index (χ0n) is 25.4. The van der Waals surface area contributed by atoms with E-state index in [1.54, 1.807) is 13.3 Å². The number of pyridine rings is 1. The molecule has 0 N–H and O–H groups in total. The van der Waals surface area contributed by atoms with Crippen molar-refractivity contribution in [2.75, 3.05) is 7.11 Å². The number of nitrogens with zero attached hydrogens (tertiary/aromatic N) is 4. The average molecular weight is 772 g/mol. The van der Waals surface area contributed by atoms with Gasteiger partial charge in [-0.2, -0.15) is 17.2 Å². The molecule has 226 valence electrons. The maximum atomic E-state index is 6.34. The van der Waals surface area contributed by atoms with Crippen molar-refractivity contribution >= 4 is 21.8 Å². The van der Waals surface area contributed by atoms with E-state index in [4.69, 9.17) is 14.6 Å². The van der Waals surface area contributed by atoms with E-state index in [1.807, 2.05) is 59.4 Å². The number of benzene rings is 4. The standard InChI is InChI=1S/C38H32N4O2.Pt/c1-4-5-11-27-12-8-10-26(2)38(27)28-24-40-41(25-28)29-13-9-14-31(21-29)44-32-17-18-34-33-15-6-7-16-35(33)42(36(34)22-32)37-23-30(43-3)19-20-39-37;/h6-10,12-20,23-25H,4-5,11H2,1-3H3;/q-2;+2. The van der Waals surface area contributed by atoms with Crippen LogP contribution in [0.5, 0.6) is 17.2 Å². The first-order valence-corrected chi connectivity index (χ1v) is 14.9. The van der Waals surface area contributed by atoms with Gasteiger partial charge in [0.05, 0.1) is 13.3 Å². The molecule has 0 aliphatic rings. The predicted octanol–water partition coefficient (Wildman–Crippen LogP) is 9.08. The third-order valence-electron chi connectivity index (χ3n) is 7.99. The number of hydrogen-bond acceptors (Lipinski definition) is 4. The summed E-state index contributed by atoms with van der Waals surface area (Å²) in [6.07, 6.45) is 9.15. The van der Waals surface area contributed by atoms with Gasteiger partial charge in [-0.3, -0.25) is 4.68 Å². The number of aromatic nitrogens is 4. The van der Waals surface area contributed by atoms with Crippen LogP contribution in [0.15, 0.2) is 104 Å². The summed E-state index contributed by atoms with van der Waals surface area (Å²) >= 11 is 0. The van der Waals surface area contributed by atoms with Gasteiger partial charge < -0.3 is 14.0 Å². The van der Waals surface area contributed by atoms with E-state index in [1.165, 1.54) is 23.1 Å². The minimum absolute atomic E-state index is 0. The van der Waals surface area contributed by atoms with Gasteiger partial charge in [0.15, 0.2) is 0 Å². The molecule has 7 aromatic rings. The molecule has 3 aromatic heterocycles. The van der Waals surface area contributed by atoms with Crippen LogP contribution in [-0.2, 0) is 27.5 Å². The summed E-state index contributed by atoms with van der Waals surface area (Å²) in [6, 6.07) is 35.3. The van der Waals surface area contributed by atoms with Crippen molar-refractivity contribution < 1.29 is 30.5 Å². The van der Waals surface area contributed by atoms with Crippen LogP contribution in [-0.4, -0.2) is 26.4 Å². The van der Waals surface area contributed by atoms with Gasteiger partial charge in [0.2, 0.25) is 0 Å². The minimum atomic E-state index is 0. The van der Waals surface area contributed by atoms with Crippen LogP contribution in [0.1, 0.15) is 30.9 Å². The van der Waals surface area contributed by atoms with Crippen molar-refractivity contribution in [3.63, 3.8) is 0 Å². The van der Waals surface area contributed by atoms with Crippen LogP contribution in [0.25, 0.3) is 44.4 Å². The monoisotopic (exact) mass is 771 g/mol. The number of ether oxygens (including phenoxy) is 2. The average Bonchev–Trinajstić information content (AvgIpc) is 3.67. The first kappa shape index (κ1) is 30.4. The van der Waals surface area contributed by atoms with E-state index in [-0.39, 0.29) is 21.1 Å². The molecule has 0 saturated heterocycles. The molecule has 0 fully saturated rings. The van der Waals surface area contributed by atoms with Crippen LogP contribution in [0.3, 0.4) is 0 Å². The summed E-state index contributed by atoms with van der Waals surface area (Å²) in [5.41, 5.74) is 7.69. The van der Waals surface area contributed by atoms with E-state index >= 15 is 0 Å². The Morgan fingerprint density at radius 3 is 2.58 bits per heavy atom. The summed E-state index contributed by atoms with van der Waals surface area (Å²) in [5, 5.41) is 6.88. The molecule has 0 atom stereocenters. The molecule has 6 nitrogen and oxygen atoms in total. The molecule has 0 spiro atoms. The van der Waals surface area contributed by atoms with E-state index in [2.05, 4.69) is 78.1 Å². The molecule has 0 unspecified atom stereocenters. The molecule has 7 heteroatoms. The molecule has 0 aliphatic heterocycles.